The van der Waals surface area contributed by atoms with Gasteiger partial charge in [0.05, 0.1) is 11.3 Å². The van der Waals surface area contributed by atoms with Gasteiger partial charge in [-0.05, 0) is 37.1 Å². The van der Waals surface area contributed by atoms with Crippen molar-refractivity contribution in [1.29, 1.82) is 0 Å². The van der Waals surface area contributed by atoms with Gasteiger partial charge in [-0.25, -0.2) is 9.67 Å². The number of aryl methyl sites for hydroxylation is 1. The van der Waals surface area contributed by atoms with Gasteiger partial charge in [0.2, 0.25) is 5.16 Å². The van der Waals surface area contributed by atoms with Gasteiger partial charge in [-0.3, -0.25) is 5.10 Å². The molecule has 2 aromatic heterocycles. The molecule has 0 amide bonds. The molecule has 1 aliphatic rings. The Morgan fingerprint density at radius 2 is 2.04 bits per heavy atom. The van der Waals surface area contributed by atoms with E-state index >= 15 is 0 Å². The minimum atomic E-state index is 0.104. The number of aromatic nitrogens is 7. The number of rotatable bonds is 5. The van der Waals surface area contributed by atoms with Crippen molar-refractivity contribution in [3.63, 3.8) is 0 Å². The van der Waals surface area contributed by atoms with Gasteiger partial charge in [-0.15, -0.1) is 10.2 Å². The van der Waals surface area contributed by atoms with Gasteiger partial charge in [0, 0.05) is 5.56 Å². The number of H-pyrrole nitrogens is 1. The third kappa shape index (κ3) is 2.98. The van der Waals surface area contributed by atoms with Crippen molar-refractivity contribution in [3.05, 3.63) is 35.7 Å². The molecule has 8 heteroatoms. The van der Waals surface area contributed by atoms with Gasteiger partial charge in [0.15, 0.2) is 11.6 Å². The first-order chi connectivity index (χ1) is 11.2. The van der Waals surface area contributed by atoms with E-state index in [0.717, 1.165) is 30.1 Å². The van der Waals surface area contributed by atoms with Gasteiger partial charge in [0.1, 0.15) is 0 Å². The number of tetrazole rings is 1. The van der Waals surface area contributed by atoms with Crippen LogP contribution in [0.1, 0.15) is 42.4 Å². The topological polar surface area (TPSA) is 85.2 Å². The fourth-order valence-electron chi connectivity index (χ4n) is 2.40. The number of nitrogens with zero attached hydrogens (tertiary/aromatic N) is 6. The van der Waals surface area contributed by atoms with Crippen LogP contribution in [0.4, 0.5) is 0 Å². The summed E-state index contributed by atoms with van der Waals surface area (Å²) >= 11 is 1.56. The summed E-state index contributed by atoms with van der Waals surface area (Å²) in [5.41, 5.74) is 2.26. The second-order valence-corrected chi connectivity index (χ2v) is 7.11. The first kappa shape index (κ1) is 14.4. The average Bonchev–Trinajstić information content (AvgIpc) is 3.09. The molecule has 1 unspecified atom stereocenters. The largest absolute Gasteiger partial charge is 0.258 e. The fourth-order valence-corrected chi connectivity index (χ4v) is 3.22. The monoisotopic (exact) mass is 327 g/mol. The maximum Gasteiger partial charge on any atom is 0.209 e. The zero-order valence-corrected chi connectivity index (χ0v) is 13.8. The summed E-state index contributed by atoms with van der Waals surface area (Å²) in [5, 5.41) is 20.2. The maximum absolute atomic E-state index is 4.57. The first-order valence-electron chi connectivity index (χ1n) is 7.64. The number of hydrogen-bond acceptors (Lipinski definition) is 6. The van der Waals surface area contributed by atoms with Crippen LogP contribution in [-0.2, 0) is 0 Å². The molecule has 23 heavy (non-hydrogen) atoms. The van der Waals surface area contributed by atoms with Crippen LogP contribution in [0.3, 0.4) is 0 Å². The molecule has 0 aliphatic heterocycles. The molecular formula is C15H17N7S. The van der Waals surface area contributed by atoms with E-state index in [0.29, 0.717) is 11.2 Å². The number of thioether (sulfide) groups is 1. The number of nitrogens with one attached hydrogen (secondary N) is 1. The number of hydrogen-bond donors (Lipinski definition) is 1. The zero-order valence-electron chi connectivity index (χ0n) is 13.0. The smallest absolute Gasteiger partial charge is 0.209 e. The summed E-state index contributed by atoms with van der Waals surface area (Å²) in [6.07, 6.45) is 2.32. The Balaban J connectivity index is 1.50. The Hall–Kier alpha value is -2.22. The lowest BCUT2D eigenvalue weighted by atomic mass is 10.1. The van der Waals surface area contributed by atoms with Gasteiger partial charge >= 0.3 is 0 Å². The van der Waals surface area contributed by atoms with Crippen molar-refractivity contribution >= 4 is 11.8 Å². The van der Waals surface area contributed by atoms with Crippen LogP contribution in [0.5, 0.6) is 0 Å². The second kappa shape index (κ2) is 5.77. The summed E-state index contributed by atoms with van der Waals surface area (Å²) in [4.78, 5) is 4.57. The van der Waals surface area contributed by atoms with Gasteiger partial charge < -0.3 is 0 Å². The molecule has 0 saturated heterocycles. The predicted molar refractivity (Wildman–Crippen MR) is 86.9 cm³/mol. The van der Waals surface area contributed by atoms with E-state index in [4.69, 9.17) is 0 Å². The third-order valence-corrected chi connectivity index (χ3v) is 4.80. The van der Waals surface area contributed by atoms with Gasteiger partial charge in [0.25, 0.3) is 0 Å². The maximum atomic E-state index is 4.57. The predicted octanol–water partition coefficient (Wildman–Crippen LogP) is 2.95. The van der Waals surface area contributed by atoms with Crippen molar-refractivity contribution < 1.29 is 0 Å². The molecule has 1 fully saturated rings. The molecule has 0 bridgehead atoms. The van der Waals surface area contributed by atoms with Crippen LogP contribution in [0, 0.1) is 6.92 Å². The average molecular weight is 327 g/mol. The Morgan fingerprint density at radius 3 is 2.78 bits per heavy atom. The Morgan fingerprint density at radius 1 is 1.26 bits per heavy atom. The van der Waals surface area contributed by atoms with Crippen LogP contribution < -0.4 is 0 Å². The van der Waals surface area contributed by atoms with Crippen LogP contribution >= 0.6 is 11.8 Å². The van der Waals surface area contributed by atoms with E-state index in [9.17, 15) is 0 Å². The van der Waals surface area contributed by atoms with Gasteiger partial charge in [-0.2, -0.15) is 0 Å². The molecule has 0 spiro atoms. The molecule has 1 atom stereocenters. The van der Waals surface area contributed by atoms with Crippen LogP contribution in [-0.4, -0.2) is 35.4 Å². The number of benzene rings is 1. The quantitative estimate of drug-likeness (QED) is 0.725. The highest BCUT2D eigenvalue weighted by Gasteiger charge is 2.30. The van der Waals surface area contributed by atoms with E-state index in [1.165, 1.54) is 5.56 Å². The lowest BCUT2D eigenvalue weighted by Crippen LogP contribution is -2.05. The SMILES string of the molecule is Cc1ccc(-c2nc(SC(C)c3nnnn3C3CC3)n[nH]2)cc1. The van der Waals surface area contributed by atoms with Crippen molar-refractivity contribution in [2.24, 2.45) is 0 Å². The summed E-state index contributed by atoms with van der Waals surface area (Å²) in [6.45, 7) is 4.15. The van der Waals surface area contributed by atoms with Crippen LogP contribution in [0.25, 0.3) is 11.4 Å². The molecule has 4 rings (SSSR count). The highest BCUT2D eigenvalue weighted by molar-refractivity contribution is 7.99. The third-order valence-electron chi connectivity index (χ3n) is 3.85. The Bertz CT molecular complexity index is 803. The molecule has 1 N–H and O–H groups in total. The van der Waals surface area contributed by atoms with E-state index in [-0.39, 0.29) is 5.25 Å². The van der Waals surface area contributed by atoms with Crippen molar-refractivity contribution in [2.75, 3.05) is 0 Å². The highest BCUT2D eigenvalue weighted by Crippen LogP contribution is 2.39. The summed E-state index contributed by atoms with van der Waals surface area (Å²) < 4.78 is 1.94. The van der Waals surface area contributed by atoms with E-state index in [1.807, 2.05) is 16.8 Å². The minimum Gasteiger partial charge on any atom is -0.258 e. The number of aromatic amines is 1. The Kier molecular flexibility index (Phi) is 3.60. The molecule has 2 heterocycles. The van der Waals surface area contributed by atoms with E-state index in [1.54, 1.807) is 11.8 Å². The highest BCUT2D eigenvalue weighted by atomic mass is 32.2. The molecule has 0 radical (unpaired) electrons. The molecule has 3 aromatic rings. The van der Waals surface area contributed by atoms with Crippen LogP contribution in [0.2, 0.25) is 0 Å². The minimum absolute atomic E-state index is 0.104. The lowest BCUT2D eigenvalue weighted by molar-refractivity contribution is 0.583. The molecule has 1 saturated carbocycles. The molecule has 118 valence electrons. The van der Waals surface area contributed by atoms with Crippen molar-refractivity contribution in [1.82, 2.24) is 35.4 Å². The van der Waals surface area contributed by atoms with E-state index < -0.39 is 0 Å². The Labute approximate surface area is 137 Å². The molecule has 1 aromatic carbocycles. The lowest BCUT2D eigenvalue weighted by Gasteiger charge is -2.08. The summed E-state index contributed by atoms with van der Waals surface area (Å²) in [6, 6.07) is 8.69. The van der Waals surface area contributed by atoms with Crippen LogP contribution in [0.15, 0.2) is 29.4 Å². The second-order valence-electron chi connectivity index (χ2n) is 5.81. The zero-order chi connectivity index (χ0) is 15.8. The summed E-state index contributed by atoms with van der Waals surface area (Å²) in [7, 11) is 0. The van der Waals surface area contributed by atoms with Crippen molar-refractivity contribution in [3.8, 4) is 11.4 Å². The standard InChI is InChI=1S/C15H17N7S/c1-9-3-5-11(6-4-9)13-16-15(19-17-13)23-10(2)14-18-20-21-22(14)12-7-8-12/h3-6,10,12H,7-8H2,1-2H3,(H,16,17,19). The van der Waals surface area contributed by atoms with E-state index in [2.05, 4.69) is 56.7 Å². The van der Waals surface area contributed by atoms with Gasteiger partial charge in [-0.1, -0.05) is 41.6 Å². The fraction of sp³-hybridized carbons (Fsp3) is 0.400. The molecule has 1 aliphatic carbocycles. The molecule has 7 nitrogen and oxygen atoms in total. The van der Waals surface area contributed by atoms with Crippen molar-refractivity contribution in [2.45, 2.75) is 43.1 Å². The summed E-state index contributed by atoms with van der Waals surface area (Å²) in [5.74, 6) is 1.67. The first-order valence-corrected chi connectivity index (χ1v) is 8.52. The molecular weight excluding hydrogens is 310 g/mol. The normalized spacial score (nSPS) is 15.7.